The summed E-state index contributed by atoms with van der Waals surface area (Å²) < 4.78 is 16.5. The third-order valence-electron chi connectivity index (χ3n) is 1.63. The van der Waals surface area contributed by atoms with Crippen LogP contribution in [0.3, 0.4) is 0 Å². The molecule has 0 spiro atoms. The first kappa shape index (κ1) is 10.5. The smallest absolute Gasteiger partial charge is 0.137 e. The Bertz CT molecular complexity index is 398. The van der Waals surface area contributed by atoms with Gasteiger partial charge in [0.2, 0.25) is 0 Å². The Kier molecular flexibility index (Phi) is 3.48. The lowest BCUT2D eigenvalue weighted by Crippen LogP contribution is -2.00. The Labute approximate surface area is 84.7 Å². The minimum absolute atomic E-state index is 0.0414. The highest BCUT2D eigenvalue weighted by molar-refractivity contribution is 7.85. The molecule has 0 aliphatic carbocycles. The Morgan fingerprint density at radius 3 is 2.93 bits per heavy atom. The molecule has 0 bridgehead atoms. The first-order chi connectivity index (χ1) is 6.69. The molecular formula is C9H10N2O2S. The van der Waals surface area contributed by atoms with Gasteiger partial charge in [0.1, 0.15) is 11.5 Å². The van der Waals surface area contributed by atoms with Crippen molar-refractivity contribution in [2.45, 2.75) is 4.90 Å². The molecule has 0 heterocycles. The van der Waals surface area contributed by atoms with E-state index in [1.165, 1.54) is 7.11 Å². The number of ether oxygens (including phenoxy) is 1. The van der Waals surface area contributed by atoms with Crippen LogP contribution in [0.1, 0.15) is 0 Å². The number of benzene rings is 1. The van der Waals surface area contributed by atoms with Crippen LogP contribution < -0.4 is 10.5 Å². The summed E-state index contributed by atoms with van der Waals surface area (Å²) in [6.45, 7) is 0. The van der Waals surface area contributed by atoms with Crippen molar-refractivity contribution in [2.24, 2.45) is 0 Å². The van der Waals surface area contributed by atoms with Gasteiger partial charge in [-0.15, -0.1) is 0 Å². The molecule has 0 aromatic heterocycles. The molecule has 1 rings (SSSR count). The molecule has 1 aromatic rings. The quantitative estimate of drug-likeness (QED) is 0.752. The van der Waals surface area contributed by atoms with Crippen molar-refractivity contribution in [3.63, 3.8) is 0 Å². The van der Waals surface area contributed by atoms with Gasteiger partial charge >= 0.3 is 0 Å². The lowest BCUT2D eigenvalue weighted by Gasteiger charge is -2.06. The van der Waals surface area contributed by atoms with Gasteiger partial charge in [-0.05, 0) is 12.1 Å². The van der Waals surface area contributed by atoms with Crippen molar-refractivity contribution in [1.82, 2.24) is 0 Å². The second kappa shape index (κ2) is 4.63. The van der Waals surface area contributed by atoms with E-state index in [9.17, 15) is 4.21 Å². The monoisotopic (exact) mass is 210 g/mol. The third kappa shape index (κ3) is 2.24. The number of anilines is 1. The van der Waals surface area contributed by atoms with E-state index in [1.54, 1.807) is 18.2 Å². The third-order valence-corrected chi connectivity index (χ3v) is 2.85. The summed E-state index contributed by atoms with van der Waals surface area (Å²) in [7, 11) is 0.129. The molecule has 1 aromatic carbocycles. The number of methoxy groups -OCH3 is 1. The number of nitrogens with zero attached hydrogens (tertiary/aromatic N) is 1. The van der Waals surface area contributed by atoms with Crippen LogP contribution in [0.25, 0.3) is 0 Å². The predicted octanol–water partition coefficient (Wildman–Crippen LogP) is 0.909. The van der Waals surface area contributed by atoms with Crippen LogP contribution in [0, 0.1) is 11.3 Å². The molecular weight excluding hydrogens is 200 g/mol. The normalized spacial score (nSPS) is 11.7. The number of nitrogens with two attached hydrogens (primary N) is 1. The van der Waals surface area contributed by atoms with Gasteiger partial charge in [0.05, 0.1) is 28.9 Å². The lowest BCUT2D eigenvalue weighted by atomic mass is 10.3. The van der Waals surface area contributed by atoms with Crippen LogP contribution in [-0.4, -0.2) is 17.1 Å². The molecule has 0 aliphatic rings. The van der Waals surface area contributed by atoms with Crippen LogP contribution in [0.15, 0.2) is 23.1 Å². The van der Waals surface area contributed by atoms with Gasteiger partial charge < -0.3 is 10.5 Å². The highest BCUT2D eigenvalue weighted by atomic mass is 32.2. The zero-order chi connectivity index (χ0) is 10.6. The summed E-state index contributed by atoms with van der Waals surface area (Å²) in [4.78, 5) is 0.503. The molecule has 74 valence electrons. The van der Waals surface area contributed by atoms with Crippen LogP contribution in [0.5, 0.6) is 5.75 Å². The number of nitrogen functional groups attached to an aromatic ring is 1. The van der Waals surface area contributed by atoms with Gasteiger partial charge in [0.15, 0.2) is 0 Å². The van der Waals surface area contributed by atoms with E-state index >= 15 is 0 Å². The van der Waals surface area contributed by atoms with Gasteiger partial charge in [0, 0.05) is 11.8 Å². The molecule has 0 saturated heterocycles. The van der Waals surface area contributed by atoms with E-state index in [1.807, 2.05) is 6.07 Å². The Morgan fingerprint density at radius 1 is 1.64 bits per heavy atom. The minimum atomic E-state index is -1.34. The highest BCUT2D eigenvalue weighted by Crippen LogP contribution is 2.24. The van der Waals surface area contributed by atoms with Gasteiger partial charge in [-0.1, -0.05) is 0 Å². The number of nitriles is 1. The second-order valence-electron chi connectivity index (χ2n) is 2.56. The van der Waals surface area contributed by atoms with E-state index in [0.717, 1.165) is 0 Å². The number of rotatable bonds is 3. The molecule has 2 N–H and O–H groups in total. The molecule has 0 saturated carbocycles. The topological polar surface area (TPSA) is 76.1 Å². The van der Waals surface area contributed by atoms with Crippen molar-refractivity contribution < 1.29 is 8.95 Å². The van der Waals surface area contributed by atoms with E-state index < -0.39 is 10.8 Å². The zero-order valence-electron chi connectivity index (χ0n) is 7.69. The SMILES string of the molecule is COc1cc(N)ccc1S(=O)CC#N. The maximum absolute atomic E-state index is 11.5. The molecule has 0 fully saturated rings. The largest absolute Gasteiger partial charge is 0.495 e. The van der Waals surface area contributed by atoms with E-state index in [0.29, 0.717) is 16.3 Å². The summed E-state index contributed by atoms with van der Waals surface area (Å²) in [5, 5.41) is 8.41. The maximum atomic E-state index is 11.5. The van der Waals surface area contributed by atoms with Crippen molar-refractivity contribution >= 4 is 16.5 Å². The van der Waals surface area contributed by atoms with E-state index in [2.05, 4.69) is 0 Å². The van der Waals surface area contributed by atoms with E-state index in [4.69, 9.17) is 15.7 Å². The lowest BCUT2D eigenvalue weighted by molar-refractivity contribution is 0.404. The van der Waals surface area contributed by atoms with E-state index in [-0.39, 0.29) is 5.75 Å². The fraction of sp³-hybridized carbons (Fsp3) is 0.222. The molecule has 14 heavy (non-hydrogen) atoms. The van der Waals surface area contributed by atoms with Crippen LogP contribution in [0.4, 0.5) is 5.69 Å². The summed E-state index contributed by atoms with van der Waals surface area (Å²) in [5.41, 5.74) is 6.07. The summed E-state index contributed by atoms with van der Waals surface area (Å²) in [6.07, 6.45) is 0. The zero-order valence-corrected chi connectivity index (χ0v) is 8.50. The van der Waals surface area contributed by atoms with Crippen molar-refractivity contribution in [2.75, 3.05) is 18.6 Å². The van der Waals surface area contributed by atoms with Gasteiger partial charge in [0.25, 0.3) is 0 Å². The average Bonchev–Trinajstić information content (AvgIpc) is 2.17. The molecule has 0 aliphatic heterocycles. The van der Waals surface area contributed by atoms with Crippen molar-refractivity contribution in [1.29, 1.82) is 5.26 Å². The number of hydrogen-bond acceptors (Lipinski definition) is 4. The molecule has 1 unspecified atom stereocenters. The first-order valence-corrected chi connectivity index (χ1v) is 5.19. The van der Waals surface area contributed by atoms with Crippen LogP contribution >= 0.6 is 0 Å². The van der Waals surface area contributed by atoms with Crippen LogP contribution in [0.2, 0.25) is 0 Å². The van der Waals surface area contributed by atoms with Crippen molar-refractivity contribution in [3.8, 4) is 11.8 Å². The molecule has 0 amide bonds. The summed E-state index contributed by atoms with van der Waals surface area (Å²) in [6, 6.07) is 6.68. The molecule has 0 radical (unpaired) electrons. The maximum Gasteiger partial charge on any atom is 0.137 e. The summed E-state index contributed by atoms with van der Waals surface area (Å²) in [5.74, 6) is 0.416. The van der Waals surface area contributed by atoms with Gasteiger partial charge in [-0.2, -0.15) is 5.26 Å². The fourth-order valence-corrected chi connectivity index (χ4v) is 1.87. The fourth-order valence-electron chi connectivity index (χ4n) is 1.01. The Balaban J connectivity index is 3.09. The van der Waals surface area contributed by atoms with Crippen LogP contribution in [-0.2, 0) is 10.8 Å². The minimum Gasteiger partial charge on any atom is -0.495 e. The molecule has 5 heteroatoms. The average molecular weight is 210 g/mol. The Morgan fingerprint density at radius 2 is 2.36 bits per heavy atom. The summed E-state index contributed by atoms with van der Waals surface area (Å²) >= 11 is 0. The second-order valence-corrected chi connectivity index (χ2v) is 3.98. The highest BCUT2D eigenvalue weighted by Gasteiger charge is 2.09. The Hall–Kier alpha value is -1.54. The van der Waals surface area contributed by atoms with Gasteiger partial charge in [-0.3, -0.25) is 4.21 Å². The molecule has 4 nitrogen and oxygen atoms in total. The molecule has 1 atom stereocenters. The standard InChI is InChI=1S/C9H10N2O2S/c1-13-8-6-7(11)2-3-9(8)14(12)5-4-10/h2-3,6H,5,11H2,1H3. The first-order valence-electron chi connectivity index (χ1n) is 3.88. The van der Waals surface area contributed by atoms with Gasteiger partial charge in [-0.25, -0.2) is 0 Å². The predicted molar refractivity (Wildman–Crippen MR) is 54.3 cm³/mol. The number of hydrogen-bond donors (Lipinski definition) is 1. The van der Waals surface area contributed by atoms with Crippen molar-refractivity contribution in [3.05, 3.63) is 18.2 Å².